The lowest BCUT2D eigenvalue weighted by Gasteiger charge is -2.20. The van der Waals surface area contributed by atoms with Gasteiger partial charge in [0, 0.05) is 13.1 Å². The van der Waals surface area contributed by atoms with Gasteiger partial charge in [-0.15, -0.1) is 0 Å². The second kappa shape index (κ2) is 6.29. The Morgan fingerprint density at radius 3 is 2.81 bits per heavy atom. The highest BCUT2D eigenvalue weighted by atomic mass is 16.5. The van der Waals surface area contributed by atoms with E-state index in [1.165, 1.54) is 20.3 Å². The predicted octanol–water partition coefficient (Wildman–Crippen LogP) is 0.385. The molecule has 1 fully saturated rings. The number of carbonyl (C=O) groups is 2. The Kier molecular flexibility index (Phi) is 4.46. The number of methoxy groups -OCH3 is 2. The van der Waals surface area contributed by atoms with Crippen LogP contribution in [0.25, 0.3) is 0 Å². The predicted molar refractivity (Wildman–Crippen MR) is 76.1 cm³/mol. The summed E-state index contributed by atoms with van der Waals surface area (Å²) in [6.07, 6.45) is 0.282. The van der Waals surface area contributed by atoms with E-state index in [2.05, 4.69) is 19.8 Å². The quantitative estimate of drug-likeness (QED) is 0.776. The van der Waals surface area contributed by atoms with Gasteiger partial charge in [0.15, 0.2) is 11.5 Å². The van der Waals surface area contributed by atoms with Gasteiger partial charge in [0.2, 0.25) is 0 Å². The zero-order valence-corrected chi connectivity index (χ0v) is 12.0. The first-order valence-electron chi connectivity index (χ1n) is 6.49. The van der Waals surface area contributed by atoms with Gasteiger partial charge in [-0.2, -0.15) is 0 Å². The number of hydrogen-bond donors (Lipinski definition) is 2. The number of anilines is 2. The molecule has 1 saturated heterocycles. The van der Waals surface area contributed by atoms with Crippen LogP contribution in [0.5, 0.6) is 0 Å². The molecule has 1 aliphatic heterocycles. The van der Waals surface area contributed by atoms with Gasteiger partial charge in [0.05, 0.1) is 25.9 Å². The first-order chi connectivity index (χ1) is 10.0. The summed E-state index contributed by atoms with van der Waals surface area (Å²) in [4.78, 5) is 28.9. The molecule has 114 valence electrons. The van der Waals surface area contributed by atoms with Crippen molar-refractivity contribution in [2.24, 2.45) is 0 Å². The Morgan fingerprint density at radius 2 is 2.14 bits per heavy atom. The Bertz CT molecular complexity index is 549. The SMILES string of the molecule is COC(=O)NC1CCN(c2nc(C(=O)OC)ccc2N)C1. The lowest BCUT2D eigenvalue weighted by Crippen LogP contribution is -2.37. The number of pyridine rings is 1. The summed E-state index contributed by atoms with van der Waals surface area (Å²) in [5.41, 5.74) is 6.59. The third-order valence-electron chi connectivity index (χ3n) is 3.30. The number of aromatic nitrogens is 1. The molecule has 0 bridgehead atoms. The van der Waals surface area contributed by atoms with Crippen molar-refractivity contribution in [1.29, 1.82) is 0 Å². The number of carbonyl (C=O) groups excluding carboxylic acids is 2. The van der Waals surface area contributed by atoms with Crippen molar-refractivity contribution in [3.63, 3.8) is 0 Å². The lowest BCUT2D eigenvalue weighted by molar-refractivity contribution is 0.0594. The first kappa shape index (κ1) is 14.9. The number of rotatable bonds is 3. The molecule has 3 N–H and O–H groups in total. The number of amides is 1. The molecule has 2 heterocycles. The third kappa shape index (κ3) is 3.33. The standard InChI is InChI=1S/C13H18N4O4/c1-20-12(18)10-4-3-9(14)11(16-10)17-6-5-8(7-17)15-13(19)21-2/h3-4,8H,5-7,14H2,1-2H3,(H,15,19). The molecule has 8 nitrogen and oxygen atoms in total. The smallest absolute Gasteiger partial charge is 0.407 e. The molecular weight excluding hydrogens is 276 g/mol. The molecule has 1 amide bonds. The van der Waals surface area contributed by atoms with Crippen molar-refractivity contribution in [2.45, 2.75) is 12.5 Å². The molecule has 0 aliphatic carbocycles. The highest BCUT2D eigenvalue weighted by molar-refractivity contribution is 5.88. The van der Waals surface area contributed by atoms with E-state index in [4.69, 9.17) is 5.73 Å². The maximum atomic E-state index is 11.5. The molecule has 1 aliphatic rings. The van der Waals surface area contributed by atoms with Crippen molar-refractivity contribution in [2.75, 3.05) is 37.9 Å². The number of nitrogens with two attached hydrogens (primary N) is 1. The summed E-state index contributed by atoms with van der Waals surface area (Å²) in [7, 11) is 2.62. The summed E-state index contributed by atoms with van der Waals surface area (Å²) in [6, 6.07) is 3.10. The van der Waals surface area contributed by atoms with Gasteiger partial charge in [-0.1, -0.05) is 0 Å². The van der Waals surface area contributed by atoms with E-state index in [-0.39, 0.29) is 11.7 Å². The number of nitrogens with one attached hydrogen (secondary N) is 1. The van der Waals surface area contributed by atoms with E-state index in [1.807, 2.05) is 4.90 Å². The molecule has 21 heavy (non-hydrogen) atoms. The van der Waals surface area contributed by atoms with Crippen molar-refractivity contribution in [3.8, 4) is 0 Å². The van der Waals surface area contributed by atoms with Gasteiger partial charge in [0.1, 0.15) is 0 Å². The molecular formula is C13H18N4O4. The molecule has 0 saturated carbocycles. The van der Waals surface area contributed by atoms with Crippen LogP contribution in [0.2, 0.25) is 0 Å². The maximum absolute atomic E-state index is 11.5. The largest absolute Gasteiger partial charge is 0.464 e. The normalized spacial score (nSPS) is 17.4. The van der Waals surface area contributed by atoms with E-state index in [9.17, 15) is 9.59 Å². The highest BCUT2D eigenvalue weighted by Crippen LogP contribution is 2.25. The summed E-state index contributed by atoms with van der Waals surface area (Å²) in [5.74, 6) is 0.00625. The summed E-state index contributed by atoms with van der Waals surface area (Å²) in [5, 5.41) is 2.73. The van der Waals surface area contributed by atoms with E-state index < -0.39 is 12.1 Å². The Hall–Kier alpha value is -2.51. The summed E-state index contributed by atoms with van der Waals surface area (Å²) < 4.78 is 9.22. The van der Waals surface area contributed by atoms with Crippen molar-refractivity contribution < 1.29 is 19.1 Å². The van der Waals surface area contributed by atoms with Crippen molar-refractivity contribution >= 4 is 23.6 Å². The molecule has 1 aromatic heterocycles. The zero-order valence-electron chi connectivity index (χ0n) is 12.0. The Balaban J connectivity index is 2.12. The molecule has 2 rings (SSSR count). The van der Waals surface area contributed by atoms with Crippen LogP contribution < -0.4 is 16.0 Å². The third-order valence-corrected chi connectivity index (χ3v) is 3.30. The number of esters is 1. The second-order valence-corrected chi connectivity index (χ2v) is 4.67. The lowest BCUT2D eigenvalue weighted by atomic mass is 10.3. The average molecular weight is 294 g/mol. The molecule has 1 unspecified atom stereocenters. The molecule has 8 heteroatoms. The monoisotopic (exact) mass is 294 g/mol. The Morgan fingerprint density at radius 1 is 1.38 bits per heavy atom. The fourth-order valence-corrected chi connectivity index (χ4v) is 2.23. The van der Waals surface area contributed by atoms with Crippen LogP contribution in [-0.4, -0.2) is 50.4 Å². The minimum atomic E-state index is -0.514. The van der Waals surface area contributed by atoms with E-state index in [0.717, 1.165) is 6.42 Å². The van der Waals surface area contributed by atoms with E-state index in [0.29, 0.717) is 24.6 Å². The van der Waals surface area contributed by atoms with Gasteiger partial charge in [-0.05, 0) is 18.6 Å². The average Bonchev–Trinajstić information content (AvgIpc) is 2.95. The fraction of sp³-hybridized carbons (Fsp3) is 0.462. The van der Waals surface area contributed by atoms with Crippen LogP contribution in [0.1, 0.15) is 16.9 Å². The molecule has 1 atom stereocenters. The van der Waals surface area contributed by atoms with Crippen LogP contribution >= 0.6 is 0 Å². The molecule has 1 aromatic rings. The van der Waals surface area contributed by atoms with Crippen LogP contribution in [0.15, 0.2) is 12.1 Å². The zero-order chi connectivity index (χ0) is 15.4. The van der Waals surface area contributed by atoms with Crippen LogP contribution in [0.4, 0.5) is 16.3 Å². The number of hydrogen-bond acceptors (Lipinski definition) is 7. The van der Waals surface area contributed by atoms with Gasteiger partial charge < -0.3 is 25.4 Å². The van der Waals surface area contributed by atoms with Crippen molar-refractivity contribution in [3.05, 3.63) is 17.8 Å². The minimum Gasteiger partial charge on any atom is -0.464 e. The molecule has 0 aromatic carbocycles. The van der Waals surface area contributed by atoms with Gasteiger partial charge in [-0.3, -0.25) is 0 Å². The van der Waals surface area contributed by atoms with Gasteiger partial charge >= 0.3 is 12.1 Å². The van der Waals surface area contributed by atoms with Crippen molar-refractivity contribution in [1.82, 2.24) is 10.3 Å². The molecule has 0 spiro atoms. The van der Waals surface area contributed by atoms with Gasteiger partial charge in [0.25, 0.3) is 0 Å². The topological polar surface area (TPSA) is 107 Å². The fourth-order valence-electron chi connectivity index (χ4n) is 2.23. The van der Waals surface area contributed by atoms with Crippen LogP contribution in [0.3, 0.4) is 0 Å². The summed E-state index contributed by atoms with van der Waals surface area (Å²) in [6.45, 7) is 1.23. The number of nitrogens with zero attached hydrogens (tertiary/aromatic N) is 2. The van der Waals surface area contributed by atoms with Crippen LogP contribution in [-0.2, 0) is 9.47 Å². The van der Waals surface area contributed by atoms with E-state index >= 15 is 0 Å². The minimum absolute atomic E-state index is 0.0413. The van der Waals surface area contributed by atoms with Crippen LogP contribution in [0, 0.1) is 0 Å². The number of alkyl carbamates (subject to hydrolysis) is 1. The number of ether oxygens (including phenoxy) is 2. The van der Waals surface area contributed by atoms with Gasteiger partial charge in [-0.25, -0.2) is 14.6 Å². The first-order valence-corrected chi connectivity index (χ1v) is 6.49. The maximum Gasteiger partial charge on any atom is 0.407 e. The second-order valence-electron chi connectivity index (χ2n) is 4.67. The van der Waals surface area contributed by atoms with E-state index in [1.54, 1.807) is 6.07 Å². The highest BCUT2D eigenvalue weighted by Gasteiger charge is 2.27. The number of nitrogen functional groups attached to an aromatic ring is 1. The summed E-state index contributed by atoms with van der Waals surface area (Å²) >= 11 is 0. The molecule has 0 radical (unpaired) electrons. The Labute approximate surface area is 122 Å².